The molecule has 4 fully saturated rings. The molecule has 4 atom stereocenters. The quantitative estimate of drug-likeness (QED) is 0.828. The highest BCUT2D eigenvalue weighted by molar-refractivity contribution is 5.03. The number of fused-ring (bicyclic) bond motifs is 1. The first-order valence-corrected chi connectivity index (χ1v) is 9.06. The minimum Gasteiger partial charge on any atom is -0.394 e. The van der Waals surface area contributed by atoms with Gasteiger partial charge in [0.2, 0.25) is 0 Å². The van der Waals surface area contributed by atoms with E-state index in [-0.39, 0.29) is 5.54 Å². The number of rotatable bonds is 4. The van der Waals surface area contributed by atoms with Crippen molar-refractivity contribution in [3.63, 3.8) is 0 Å². The fraction of sp³-hybridized carbons (Fsp3) is 1.00. The average Bonchev–Trinajstić information content (AvgIpc) is 3.19. The maximum Gasteiger partial charge on any atom is 0.0731 e. The first kappa shape index (κ1) is 14.4. The van der Waals surface area contributed by atoms with E-state index in [0.29, 0.717) is 30.8 Å². The number of aliphatic hydroxyl groups excluding tert-OH is 1. The lowest BCUT2D eigenvalue weighted by atomic mass is 9.78. The van der Waals surface area contributed by atoms with Crippen LogP contribution in [0, 0.1) is 0 Å². The van der Waals surface area contributed by atoms with Gasteiger partial charge in [-0.05, 0) is 57.8 Å². The van der Waals surface area contributed by atoms with Crippen LogP contribution in [0.1, 0.15) is 57.8 Å². The predicted octanol–water partition coefficient (Wildman–Crippen LogP) is 1.67. The van der Waals surface area contributed by atoms with Crippen molar-refractivity contribution in [3.05, 3.63) is 0 Å². The van der Waals surface area contributed by atoms with Crippen molar-refractivity contribution in [1.29, 1.82) is 0 Å². The Morgan fingerprint density at radius 1 is 1.14 bits per heavy atom. The third-order valence-corrected chi connectivity index (χ3v) is 6.20. The van der Waals surface area contributed by atoms with Crippen molar-refractivity contribution >= 4 is 0 Å². The van der Waals surface area contributed by atoms with Crippen molar-refractivity contribution in [2.24, 2.45) is 0 Å². The number of nitrogens with zero attached hydrogens (tertiary/aromatic N) is 1. The smallest absolute Gasteiger partial charge is 0.0731 e. The summed E-state index contributed by atoms with van der Waals surface area (Å²) in [6.07, 6.45) is 11.8. The van der Waals surface area contributed by atoms with Gasteiger partial charge in [0.25, 0.3) is 0 Å². The molecule has 0 aromatic carbocycles. The summed E-state index contributed by atoms with van der Waals surface area (Å²) in [4.78, 5) is 2.75. The van der Waals surface area contributed by atoms with Gasteiger partial charge >= 0.3 is 0 Å². The molecule has 0 aromatic rings. The van der Waals surface area contributed by atoms with Crippen LogP contribution < -0.4 is 5.32 Å². The van der Waals surface area contributed by atoms with E-state index in [9.17, 15) is 5.11 Å². The van der Waals surface area contributed by atoms with Crippen molar-refractivity contribution < 1.29 is 9.84 Å². The standard InChI is InChI=1S/C17H30N2O2/c20-12-17(18-13-6-7-13)8-2-3-14(11-17)19-9-10-21-16-5-1-4-15(16)19/h13-16,18,20H,1-12H2. The third-order valence-electron chi connectivity index (χ3n) is 6.20. The zero-order chi connectivity index (χ0) is 14.3. The highest BCUT2D eigenvalue weighted by Crippen LogP contribution is 2.38. The summed E-state index contributed by atoms with van der Waals surface area (Å²) in [6.45, 7) is 2.30. The Kier molecular flexibility index (Phi) is 3.99. The molecule has 4 unspecified atom stereocenters. The first-order valence-electron chi connectivity index (χ1n) is 9.06. The van der Waals surface area contributed by atoms with Gasteiger partial charge in [0.1, 0.15) is 0 Å². The number of ether oxygens (including phenoxy) is 1. The fourth-order valence-corrected chi connectivity index (χ4v) is 5.00. The maximum absolute atomic E-state index is 10.0. The van der Waals surface area contributed by atoms with Crippen molar-refractivity contribution in [1.82, 2.24) is 10.2 Å². The molecule has 0 amide bonds. The number of hydrogen-bond acceptors (Lipinski definition) is 4. The third kappa shape index (κ3) is 2.88. The van der Waals surface area contributed by atoms with Crippen LogP contribution in [0.4, 0.5) is 0 Å². The number of morpholine rings is 1. The molecule has 2 N–H and O–H groups in total. The van der Waals surface area contributed by atoms with Gasteiger partial charge in [-0.2, -0.15) is 0 Å². The van der Waals surface area contributed by atoms with E-state index in [1.165, 1.54) is 44.9 Å². The maximum atomic E-state index is 10.0. The Labute approximate surface area is 128 Å². The van der Waals surface area contributed by atoms with Crippen LogP contribution in [0.5, 0.6) is 0 Å². The van der Waals surface area contributed by atoms with Crippen molar-refractivity contribution in [3.8, 4) is 0 Å². The molecule has 1 saturated heterocycles. The van der Waals surface area contributed by atoms with Crippen LogP contribution in [0.3, 0.4) is 0 Å². The molecule has 0 radical (unpaired) electrons. The molecule has 4 heteroatoms. The van der Waals surface area contributed by atoms with Gasteiger partial charge in [0, 0.05) is 30.2 Å². The fourth-order valence-electron chi connectivity index (χ4n) is 5.00. The van der Waals surface area contributed by atoms with E-state index in [1.807, 2.05) is 0 Å². The molecule has 4 rings (SSSR count). The monoisotopic (exact) mass is 294 g/mol. The summed E-state index contributed by atoms with van der Waals surface area (Å²) in [7, 11) is 0. The SMILES string of the molecule is OCC1(NC2CC2)CCCC(N2CCOC3CCCC32)C1. The molecular formula is C17H30N2O2. The molecule has 4 aliphatic rings. The molecule has 0 aromatic heterocycles. The zero-order valence-electron chi connectivity index (χ0n) is 13.1. The number of aliphatic hydroxyl groups is 1. The van der Waals surface area contributed by atoms with Gasteiger partial charge in [-0.3, -0.25) is 4.90 Å². The second-order valence-electron chi connectivity index (χ2n) is 7.75. The topological polar surface area (TPSA) is 44.7 Å². The van der Waals surface area contributed by atoms with Gasteiger partial charge in [0.05, 0.1) is 19.3 Å². The first-order chi connectivity index (χ1) is 10.3. The molecule has 0 spiro atoms. The minimum absolute atomic E-state index is 0.00348. The molecule has 21 heavy (non-hydrogen) atoms. The lowest BCUT2D eigenvalue weighted by Gasteiger charge is -2.49. The van der Waals surface area contributed by atoms with E-state index in [2.05, 4.69) is 10.2 Å². The van der Waals surface area contributed by atoms with Crippen LogP contribution in [0.25, 0.3) is 0 Å². The molecule has 4 nitrogen and oxygen atoms in total. The molecule has 3 aliphatic carbocycles. The normalized spacial score (nSPS) is 44.7. The van der Waals surface area contributed by atoms with E-state index < -0.39 is 0 Å². The highest BCUT2D eigenvalue weighted by Gasteiger charge is 2.45. The van der Waals surface area contributed by atoms with E-state index >= 15 is 0 Å². The summed E-state index contributed by atoms with van der Waals surface area (Å²) in [5, 5.41) is 13.8. The Morgan fingerprint density at radius 3 is 2.86 bits per heavy atom. The highest BCUT2D eigenvalue weighted by atomic mass is 16.5. The van der Waals surface area contributed by atoms with Crippen molar-refractivity contribution in [2.75, 3.05) is 19.8 Å². The Bertz CT molecular complexity index is 374. The van der Waals surface area contributed by atoms with E-state index in [1.54, 1.807) is 0 Å². The second kappa shape index (κ2) is 5.80. The zero-order valence-corrected chi connectivity index (χ0v) is 13.1. The molecule has 120 valence electrons. The van der Waals surface area contributed by atoms with E-state index in [4.69, 9.17) is 4.74 Å². The molecule has 1 aliphatic heterocycles. The van der Waals surface area contributed by atoms with Crippen LogP contribution >= 0.6 is 0 Å². The van der Waals surface area contributed by atoms with Crippen LogP contribution in [-0.4, -0.2) is 59.5 Å². The van der Waals surface area contributed by atoms with Crippen molar-refractivity contribution in [2.45, 2.75) is 87.6 Å². The average molecular weight is 294 g/mol. The van der Waals surface area contributed by atoms with Crippen LogP contribution in [0.2, 0.25) is 0 Å². The summed E-state index contributed by atoms with van der Waals surface area (Å²) < 4.78 is 5.97. The van der Waals surface area contributed by atoms with Gasteiger partial charge in [-0.25, -0.2) is 0 Å². The molecule has 0 bridgehead atoms. The van der Waals surface area contributed by atoms with E-state index in [0.717, 1.165) is 26.0 Å². The number of hydrogen-bond donors (Lipinski definition) is 2. The van der Waals surface area contributed by atoms with Gasteiger partial charge in [-0.1, -0.05) is 0 Å². The van der Waals surface area contributed by atoms with Gasteiger partial charge in [-0.15, -0.1) is 0 Å². The molecule has 3 saturated carbocycles. The summed E-state index contributed by atoms with van der Waals surface area (Å²) in [5.41, 5.74) is -0.00348. The lowest BCUT2D eigenvalue weighted by molar-refractivity contribution is -0.0843. The van der Waals surface area contributed by atoms with Gasteiger partial charge < -0.3 is 15.2 Å². The minimum atomic E-state index is -0.00348. The summed E-state index contributed by atoms with van der Waals surface area (Å²) >= 11 is 0. The lowest BCUT2D eigenvalue weighted by Crippen LogP contribution is -2.60. The summed E-state index contributed by atoms with van der Waals surface area (Å²) in [6, 6.07) is 1.98. The Hall–Kier alpha value is -0.160. The number of nitrogens with one attached hydrogen (secondary N) is 1. The second-order valence-corrected chi connectivity index (χ2v) is 7.75. The van der Waals surface area contributed by atoms with Gasteiger partial charge in [0.15, 0.2) is 0 Å². The summed E-state index contributed by atoms with van der Waals surface area (Å²) in [5.74, 6) is 0. The largest absolute Gasteiger partial charge is 0.394 e. The van der Waals surface area contributed by atoms with Crippen LogP contribution in [-0.2, 0) is 4.74 Å². The molecular weight excluding hydrogens is 264 g/mol. The Balaban J connectivity index is 1.46. The molecule has 1 heterocycles. The Morgan fingerprint density at radius 2 is 2.05 bits per heavy atom. The van der Waals surface area contributed by atoms with Crippen LogP contribution in [0.15, 0.2) is 0 Å². The predicted molar refractivity (Wildman–Crippen MR) is 82.3 cm³/mol.